The number of benzene rings is 2. The van der Waals surface area contributed by atoms with E-state index in [4.69, 9.17) is 0 Å². The molecule has 0 bridgehead atoms. The van der Waals surface area contributed by atoms with Crippen molar-refractivity contribution in [3.05, 3.63) is 84.5 Å². The van der Waals surface area contributed by atoms with Crippen LogP contribution in [0.25, 0.3) is 0 Å². The van der Waals surface area contributed by atoms with Crippen molar-refractivity contribution in [1.29, 1.82) is 0 Å². The minimum absolute atomic E-state index is 0.164. The summed E-state index contributed by atoms with van der Waals surface area (Å²) in [7, 11) is -0.655. The minimum atomic E-state index is -0.491. The molecule has 3 rings (SSSR count). The summed E-state index contributed by atoms with van der Waals surface area (Å²) < 4.78 is 0. The summed E-state index contributed by atoms with van der Waals surface area (Å²) in [5, 5.41) is 3.59. The molecule has 1 aliphatic rings. The predicted octanol–water partition coefficient (Wildman–Crippen LogP) is 7.45. The van der Waals surface area contributed by atoms with Crippen molar-refractivity contribution in [3.8, 4) is 0 Å². The highest BCUT2D eigenvalue weighted by Crippen LogP contribution is 2.66. The van der Waals surface area contributed by atoms with E-state index in [9.17, 15) is 0 Å². The first-order chi connectivity index (χ1) is 13.8. The molecular weight excluding hydrogens is 386 g/mol. The number of hydrogen-bond donors (Lipinski definition) is 0. The third kappa shape index (κ3) is 4.93. The zero-order valence-electron chi connectivity index (χ0n) is 18.9. The van der Waals surface area contributed by atoms with Gasteiger partial charge in [-0.15, -0.1) is 0 Å². The Balaban J connectivity index is 2.20. The molecule has 0 nitrogen and oxygen atoms in total. The van der Waals surface area contributed by atoms with Gasteiger partial charge in [0, 0.05) is 5.66 Å². The van der Waals surface area contributed by atoms with Gasteiger partial charge in [0.05, 0.1) is 0 Å². The lowest BCUT2D eigenvalue weighted by molar-refractivity contribution is 0.652. The Bertz CT molecular complexity index is 802. The molecule has 0 aromatic heterocycles. The molecule has 2 atom stereocenters. The molecule has 0 aliphatic heterocycles. The minimum Gasteiger partial charge on any atom is -0.0947 e. The summed E-state index contributed by atoms with van der Waals surface area (Å²) >= 11 is 0. The van der Waals surface area contributed by atoms with Crippen molar-refractivity contribution in [2.45, 2.75) is 63.9 Å². The molecule has 1 aliphatic carbocycles. The molecule has 0 spiro atoms. The van der Waals surface area contributed by atoms with Gasteiger partial charge in [-0.25, -0.2) is 0 Å². The van der Waals surface area contributed by atoms with Gasteiger partial charge in [0.1, 0.15) is 0 Å². The number of rotatable bonds is 7. The quantitative estimate of drug-likeness (QED) is 0.406. The highest BCUT2D eigenvalue weighted by Gasteiger charge is 2.46. The fourth-order valence-electron chi connectivity index (χ4n) is 5.12. The second-order valence-electron chi connectivity index (χ2n) is 9.39. The summed E-state index contributed by atoms with van der Waals surface area (Å²) in [6, 6.07) is 22.6. The van der Waals surface area contributed by atoms with Gasteiger partial charge in [-0.05, 0) is 41.4 Å². The molecule has 0 saturated carbocycles. The largest absolute Gasteiger partial charge is 0.0947 e. The van der Waals surface area contributed by atoms with Crippen molar-refractivity contribution in [1.82, 2.24) is 0 Å². The Morgan fingerprint density at radius 3 is 1.72 bits per heavy atom. The van der Waals surface area contributed by atoms with E-state index in [1.807, 2.05) is 0 Å². The third-order valence-electron chi connectivity index (χ3n) is 5.97. The highest BCUT2D eigenvalue weighted by molar-refractivity contribution is 7.75. The lowest BCUT2D eigenvalue weighted by Crippen LogP contribution is -2.43. The molecule has 0 saturated heterocycles. The van der Waals surface area contributed by atoms with Crippen molar-refractivity contribution in [2.24, 2.45) is 0 Å². The number of allylic oxidation sites excluding steroid dienone is 4. The fourth-order valence-corrected chi connectivity index (χ4v) is 12.9. The second-order valence-corrected chi connectivity index (χ2v) is 15.7. The maximum atomic E-state index is 2.57. The Hall–Kier alpha value is -1.22. The fraction of sp³-hybridized carbons (Fsp3) is 0.407. The van der Waals surface area contributed by atoms with Crippen LogP contribution < -0.4 is 10.6 Å². The van der Waals surface area contributed by atoms with Crippen LogP contribution >= 0.6 is 15.8 Å². The second kappa shape index (κ2) is 9.29. The first-order valence-electron chi connectivity index (χ1n) is 10.8. The summed E-state index contributed by atoms with van der Waals surface area (Å²) in [6.07, 6.45) is 9.40. The van der Waals surface area contributed by atoms with Gasteiger partial charge < -0.3 is 0 Å². The van der Waals surface area contributed by atoms with E-state index in [0.717, 1.165) is 6.42 Å². The zero-order chi connectivity index (χ0) is 21.1. The summed E-state index contributed by atoms with van der Waals surface area (Å²) in [5.74, 6) is 0. The van der Waals surface area contributed by atoms with E-state index >= 15 is 0 Å². The molecule has 0 N–H and O–H groups in total. The number of hydrogen-bond acceptors (Lipinski definition) is 0. The van der Waals surface area contributed by atoms with Crippen LogP contribution in [0.3, 0.4) is 0 Å². The Kier molecular flexibility index (Phi) is 7.19. The lowest BCUT2D eigenvalue weighted by atomic mass is 10.0. The van der Waals surface area contributed by atoms with E-state index < -0.39 is 7.92 Å². The van der Waals surface area contributed by atoms with Crippen LogP contribution in [-0.4, -0.2) is 22.1 Å². The Morgan fingerprint density at radius 1 is 0.828 bits per heavy atom. The molecule has 0 fully saturated rings. The molecule has 2 unspecified atom stereocenters. The highest BCUT2D eigenvalue weighted by atomic mass is 31.1. The topological polar surface area (TPSA) is 0 Å². The Labute approximate surface area is 181 Å². The van der Waals surface area contributed by atoms with Crippen LogP contribution in [0.5, 0.6) is 0 Å². The molecule has 2 aromatic carbocycles. The van der Waals surface area contributed by atoms with Crippen LogP contribution in [0.2, 0.25) is 0 Å². The van der Waals surface area contributed by atoms with Gasteiger partial charge >= 0.3 is 0 Å². The maximum absolute atomic E-state index is 2.57. The first kappa shape index (κ1) is 22.5. The van der Waals surface area contributed by atoms with Gasteiger partial charge in [-0.3, -0.25) is 0 Å². The van der Waals surface area contributed by atoms with Gasteiger partial charge in [-0.1, -0.05) is 134 Å². The van der Waals surface area contributed by atoms with Crippen LogP contribution in [-0.2, 0) is 0 Å². The van der Waals surface area contributed by atoms with Gasteiger partial charge in [0.25, 0.3) is 0 Å². The molecule has 2 aromatic rings. The Morgan fingerprint density at radius 2 is 1.34 bits per heavy atom. The van der Waals surface area contributed by atoms with Crippen molar-refractivity contribution in [3.63, 3.8) is 0 Å². The third-order valence-corrected chi connectivity index (χ3v) is 13.3. The van der Waals surface area contributed by atoms with Gasteiger partial charge in [0.2, 0.25) is 0 Å². The summed E-state index contributed by atoms with van der Waals surface area (Å²) in [6.45, 7) is 14.9. The van der Waals surface area contributed by atoms with Gasteiger partial charge in [-0.2, -0.15) is 0 Å². The molecule has 154 valence electrons. The zero-order valence-corrected chi connectivity index (χ0v) is 20.7. The molecule has 0 heterocycles. The van der Waals surface area contributed by atoms with E-state index in [1.165, 1.54) is 16.8 Å². The smallest absolute Gasteiger partial charge is 0.0178 e. The molecule has 29 heavy (non-hydrogen) atoms. The normalized spacial score (nSPS) is 16.7. The summed E-state index contributed by atoms with van der Waals surface area (Å²) in [4.78, 5) is 0. The van der Waals surface area contributed by atoms with Crippen LogP contribution in [0.1, 0.15) is 48.0 Å². The van der Waals surface area contributed by atoms with E-state index in [1.54, 1.807) is 5.57 Å². The average Bonchev–Trinajstić information content (AvgIpc) is 3.20. The molecule has 0 amide bonds. The molecule has 0 radical (unpaired) electrons. The van der Waals surface area contributed by atoms with Gasteiger partial charge in [0.15, 0.2) is 0 Å². The van der Waals surface area contributed by atoms with Crippen molar-refractivity contribution < 1.29 is 0 Å². The summed E-state index contributed by atoms with van der Waals surface area (Å²) in [5.41, 5.74) is 2.17. The standard InChI is InChI=1S/C27H36P2/c1-7-28(26(2,3)4)27(5,6)25(22-16-14-15-17-22)29(23-18-10-8-11-19-23)24-20-12-9-13-21-24/h8-16,18-21,25H,7,17H2,1-6H3. The van der Waals surface area contributed by atoms with E-state index in [2.05, 4.69) is 120 Å². The van der Waals surface area contributed by atoms with Crippen LogP contribution in [0, 0.1) is 0 Å². The lowest BCUT2D eigenvalue weighted by Gasteiger charge is -2.51. The van der Waals surface area contributed by atoms with E-state index in [-0.39, 0.29) is 13.1 Å². The van der Waals surface area contributed by atoms with Crippen molar-refractivity contribution >= 4 is 26.5 Å². The predicted molar refractivity (Wildman–Crippen MR) is 136 cm³/mol. The first-order valence-corrected chi connectivity index (χ1v) is 13.7. The van der Waals surface area contributed by atoms with Crippen molar-refractivity contribution in [2.75, 3.05) is 6.16 Å². The maximum Gasteiger partial charge on any atom is 0.0178 e. The average molecular weight is 423 g/mol. The SMILES string of the molecule is CCP(C(C)(C)C)C(C)(C)C(C1=CC=CC1)P(c1ccccc1)c1ccccc1. The monoisotopic (exact) mass is 422 g/mol. The van der Waals surface area contributed by atoms with E-state index in [0.29, 0.717) is 10.8 Å². The molecule has 2 heteroatoms. The van der Waals surface area contributed by atoms with Crippen LogP contribution in [0.15, 0.2) is 84.5 Å². The molecular formula is C27H36P2. The van der Waals surface area contributed by atoms with Crippen LogP contribution in [0.4, 0.5) is 0 Å².